The van der Waals surface area contributed by atoms with Gasteiger partial charge in [0.05, 0.1) is 12.9 Å². The van der Waals surface area contributed by atoms with Crippen LogP contribution >= 0.6 is 0 Å². The molecule has 0 saturated carbocycles. The van der Waals surface area contributed by atoms with Gasteiger partial charge in [-0.3, -0.25) is 0 Å². The zero-order valence-corrected chi connectivity index (χ0v) is 18.4. The molecule has 0 bridgehead atoms. The van der Waals surface area contributed by atoms with E-state index in [9.17, 15) is 0 Å². The molecule has 3 heteroatoms. The Morgan fingerprint density at radius 2 is 1.61 bits per heavy atom. The van der Waals surface area contributed by atoms with Crippen LogP contribution in [0.5, 0.6) is 11.5 Å². The summed E-state index contributed by atoms with van der Waals surface area (Å²) in [5, 5.41) is 0. The van der Waals surface area contributed by atoms with E-state index in [0.29, 0.717) is 13.2 Å². The number of ether oxygens (including phenoxy) is 3. The van der Waals surface area contributed by atoms with Crippen molar-refractivity contribution >= 4 is 0 Å². The number of fused-ring (bicyclic) bond motifs is 1. The number of hydrogen-bond acceptors (Lipinski definition) is 3. The number of rotatable bonds is 13. The van der Waals surface area contributed by atoms with Gasteiger partial charge in [0, 0.05) is 6.61 Å². The molecule has 2 rings (SSSR count). The molecule has 28 heavy (non-hydrogen) atoms. The standard InChI is InChI=1S/C25H40O3/c1-20(2)8-5-9-21(3)10-6-11-22(4)14-17-26-19-23-12-13-24-25(18-23)28-16-7-15-27-24/h7,12-13,15,18,20-22H,5-6,8-11,14,16-17,19H2,1-4H3. The molecule has 0 amide bonds. The number of benzene rings is 1. The van der Waals surface area contributed by atoms with E-state index in [1.807, 2.05) is 24.3 Å². The Bertz CT molecular complexity index is 579. The summed E-state index contributed by atoms with van der Waals surface area (Å²) in [6.45, 7) is 11.4. The second kappa shape index (κ2) is 12.9. The van der Waals surface area contributed by atoms with Crippen LogP contribution in [-0.2, 0) is 11.3 Å². The van der Waals surface area contributed by atoms with E-state index in [1.165, 1.54) is 38.5 Å². The molecule has 1 aromatic rings. The second-order valence-electron chi connectivity index (χ2n) is 8.89. The van der Waals surface area contributed by atoms with Gasteiger partial charge in [-0.25, -0.2) is 0 Å². The smallest absolute Gasteiger partial charge is 0.168 e. The lowest BCUT2D eigenvalue weighted by Gasteiger charge is -2.15. The van der Waals surface area contributed by atoms with Crippen molar-refractivity contribution in [2.75, 3.05) is 13.2 Å². The Balaban J connectivity index is 1.54. The van der Waals surface area contributed by atoms with Crippen molar-refractivity contribution in [3.8, 4) is 11.5 Å². The molecule has 1 aliphatic heterocycles. The van der Waals surface area contributed by atoms with Crippen LogP contribution < -0.4 is 9.47 Å². The highest BCUT2D eigenvalue weighted by Gasteiger charge is 2.09. The van der Waals surface area contributed by atoms with Gasteiger partial charge < -0.3 is 14.2 Å². The summed E-state index contributed by atoms with van der Waals surface area (Å²) in [7, 11) is 0. The minimum Gasteiger partial charge on any atom is -0.485 e. The van der Waals surface area contributed by atoms with Gasteiger partial charge >= 0.3 is 0 Å². The van der Waals surface area contributed by atoms with Gasteiger partial charge in [0.1, 0.15) is 6.61 Å². The molecular formula is C25H40O3. The third kappa shape index (κ3) is 9.14. The SMILES string of the molecule is CC(C)CCCC(C)CCCC(C)CCOCc1ccc2c(c1)OCC=CO2. The van der Waals surface area contributed by atoms with Crippen molar-refractivity contribution in [2.24, 2.45) is 17.8 Å². The second-order valence-corrected chi connectivity index (χ2v) is 8.89. The van der Waals surface area contributed by atoms with Crippen molar-refractivity contribution in [1.29, 1.82) is 0 Å². The summed E-state index contributed by atoms with van der Waals surface area (Å²) in [5.74, 6) is 4.01. The molecular weight excluding hydrogens is 348 g/mol. The molecule has 0 N–H and O–H groups in total. The molecule has 0 fully saturated rings. The van der Waals surface area contributed by atoms with E-state index in [1.54, 1.807) is 6.26 Å². The summed E-state index contributed by atoms with van der Waals surface area (Å²) in [6.07, 6.45) is 12.9. The van der Waals surface area contributed by atoms with Gasteiger partial charge in [-0.2, -0.15) is 0 Å². The molecule has 158 valence electrons. The summed E-state index contributed by atoms with van der Waals surface area (Å²) in [6, 6.07) is 6.02. The van der Waals surface area contributed by atoms with Crippen LogP contribution in [0.25, 0.3) is 0 Å². The Labute approximate surface area is 172 Å². The van der Waals surface area contributed by atoms with Crippen LogP contribution in [0, 0.1) is 17.8 Å². The summed E-state index contributed by atoms with van der Waals surface area (Å²) in [4.78, 5) is 0. The minimum atomic E-state index is 0.547. The molecule has 0 radical (unpaired) electrons. The first kappa shape index (κ1) is 22.8. The fraction of sp³-hybridized carbons (Fsp3) is 0.680. The fourth-order valence-corrected chi connectivity index (χ4v) is 3.60. The maximum Gasteiger partial charge on any atom is 0.168 e. The Hall–Kier alpha value is -1.48. The average Bonchev–Trinajstić information content (AvgIpc) is 2.90. The van der Waals surface area contributed by atoms with Crippen molar-refractivity contribution < 1.29 is 14.2 Å². The lowest BCUT2D eigenvalue weighted by Crippen LogP contribution is -2.04. The van der Waals surface area contributed by atoms with E-state index in [4.69, 9.17) is 14.2 Å². The maximum absolute atomic E-state index is 5.90. The number of hydrogen-bond donors (Lipinski definition) is 0. The van der Waals surface area contributed by atoms with E-state index in [2.05, 4.69) is 27.7 Å². The van der Waals surface area contributed by atoms with Crippen molar-refractivity contribution in [3.63, 3.8) is 0 Å². The average molecular weight is 389 g/mol. The van der Waals surface area contributed by atoms with E-state index < -0.39 is 0 Å². The first-order valence-corrected chi connectivity index (χ1v) is 11.2. The molecule has 0 saturated heterocycles. The highest BCUT2D eigenvalue weighted by Crippen LogP contribution is 2.30. The predicted molar refractivity (Wildman–Crippen MR) is 117 cm³/mol. The van der Waals surface area contributed by atoms with Gasteiger partial charge in [-0.1, -0.05) is 72.3 Å². The van der Waals surface area contributed by atoms with Gasteiger partial charge in [0.2, 0.25) is 0 Å². The Kier molecular flexibility index (Phi) is 10.5. The minimum absolute atomic E-state index is 0.547. The normalized spacial score (nSPS) is 15.5. The largest absolute Gasteiger partial charge is 0.485 e. The van der Waals surface area contributed by atoms with Gasteiger partial charge in [-0.05, 0) is 47.9 Å². The van der Waals surface area contributed by atoms with Crippen molar-refractivity contribution in [3.05, 3.63) is 36.1 Å². The maximum atomic E-state index is 5.90. The van der Waals surface area contributed by atoms with E-state index in [0.717, 1.165) is 47.8 Å². The fourth-order valence-electron chi connectivity index (χ4n) is 3.60. The quantitative estimate of drug-likeness (QED) is 0.336. The van der Waals surface area contributed by atoms with Gasteiger partial charge in [0.15, 0.2) is 11.5 Å². The molecule has 0 aromatic heterocycles. The lowest BCUT2D eigenvalue weighted by atomic mass is 9.93. The first-order valence-electron chi connectivity index (χ1n) is 11.2. The van der Waals surface area contributed by atoms with E-state index >= 15 is 0 Å². The third-order valence-corrected chi connectivity index (χ3v) is 5.53. The van der Waals surface area contributed by atoms with Crippen LogP contribution in [0.15, 0.2) is 30.5 Å². The van der Waals surface area contributed by atoms with Crippen LogP contribution in [0.1, 0.15) is 78.2 Å². The molecule has 2 atom stereocenters. The first-order chi connectivity index (χ1) is 13.5. The monoisotopic (exact) mass is 388 g/mol. The lowest BCUT2D eigenvalue weighted by molar-refractivity contribution is 0.107. The summed E-state index contributed by atoms with van der Waals surface area (Å²) >= 11 is 0. The molecule has 1 heterocycles. The van der Waals surface area contributed by atoms with Crippen LogP contribution in [0.4, 0.5) is 0 Å². The van der Waals surface area contributed by atoms with E-state index in [-0.39, 0.29) is 0 Å². The molecule has 3 nitrogen and oxygen atoms in total. The zero-order chi connectivity index (χ0) is 20.2. The van der Waals surface area contributed by atoms with Gasteiger partial charge in [0.25, 0.3) is 0 Å². The third-order valence-electron chi connectivity index (χ3n) is 5.53. The molecule has 1 aromatic carbocycles. The van der Waals surface area contributed by atoms with Crippen LogP contribution in [0.2, 0.25) is 0 Å². The molecule has 2 unspecified atom stereocenters. The predicted octanol–water partition coefficient (Wildman–Crippen LogP) is 7.15. The Morgan fingerprint density at radius 1 is 0.893 bits per heavy atom. The summed E-state index contributed by atoms with van der Waals surface area (Å²) < 4.78 is 17.1. The highest BCUT2D eigenvalue weighted by atomic mass is 16.5. The molecule has 1 aliphatic rings. The zero-order valence-electron chi connectivity index (χ0n) is 18.4. The van der Waals surface area contributed by atoms with Crippen LogP contribution in [-0.4, -0.2) is 13.2 Å². The molecule has 0 aliphatic carbocycles. The summed E-state index contributed by atoms with van der Waals surface area (Å²) in [5.41, 5.74) is 1.13. The van der Waals surface area contributed by atoms with Crippen molar-refractivity contribution in [1.82, 2.24) is 0 Å². The highest BCUT2D eigenvalue weighted by molar-refractivity contribution is 5.43. The van der Waals surface area contributed by atoms with Crippen LogP contribution in [0.3, 0.4) is 0 Å². The molecule has 0 spiro atoms. The van der Waals surface area contributed by atoms with Crippen molar-refractivity contribution in [2.45, 2.75) is 79.2 Å². The topological polar surface area (TPSA) is 27.7 Å². The Morgan fingerprint density at radius 3 is 2.36 bits per heavy atom. The van der Waals surface area contributed by atoms with Gasteiger partial charge in [-0.15, -0.1) is 0 Å².